The molecular weight excluding hydrogens is 316 g/mol. The Labute approximate surface area is 144 Å². The van der Waals surface area contributed by atoms with E-state index in [1.807, 2.05) is 78.2 Å². The van der Waals surface area contributed by atoms with E-state index in [2.05, 4.69) is 10.6 Å². The fourth-order valence-electron chi connectivity index (χ4n) is 2.78. The number of hydrogen-bond donors (Lipinski definition) is 2. The fourth-order valence-corrected chi connectivity index (χ4v) is 3.78. The molecule has 0 fully saturated rings. The number of amides is 1. The van der Waals surface area contributed by atoms with Gasteiger partial charge in [0, 0.05) is 10.9 Å². The molecule has 0 saturated heterocycles. The van der Waals surface area contributed by atoms with Gasteiger partial charge in [-0.2, -0.15) is 0 Å². The first-order valence-electron chi connectivity index (χ1n) is 7.79. The molecule has 1 aliphatic heterocycles. The van der Waals surface area contributed by atoms with Gasteiger partial charge in [-0.3, -0.25) is 4.79 Å². The minimum Gasteiger partial charge on any atom is -0.353 e. The van der Waals surface area contributed by atoms with Gasteiger partial charge in [0.15, 0.2) is 0 Å². The molecule has 2 N–H and O–H groups in total. The van der Waals surface area contributed by atoms with Gasteiger partial charge in [-0.15, -0.1) is 11.3 Å². The van der Waals surface area contributed by atoms with Crippen LogP contribution in [0.15, 0.2) is 72.1 Å². The molecule has 1 amide bonds. The Morgan fingerprint density at radius 1 is 0.917 bits per heavy atom. The van der Waals surface area contributed by atoms with Crippen LogP contribution in [0, 0.1) is 0 Å². The third-order valence-electron chi connectivity index (χ3n) is 3.96. The topological polar surface area (TPSA) is 41.1 Å². The summed E-state index contributed by atoms with van der Waals surface area (Å²) in [5.41, 5.74) is 3.88. The molecule has 4 rings (SSSR count). The van der Waals surface area contributed by atoms with E-state index < -0.39 is 0 Å². The van der Waals surface area contributed by atoms with Crippen molar-refractivity contribution in [2.24, 2.45) is 0 Å². The summed E-state index contributed by atoms with van der Waals surface area (Å²) in [6, 6.07) is 20.0. The highest BCUT2D eigenvalue weighted by Gasteiger charge is 2.27. The van der Waals surface area contributed by atoms with E-state index in [9.17, 15) is 4.79 Å². The first kappa shape index (κ1) is 14.7. The summed E-state index contributed by atoms with van der Waals surface area (Å²) < 4.78 is 0. The minimum atomic E-state index is -0.201. The number of nitrogens with one attached hydrogen (secondary N) is 2. The maximum Gasteiger partial charge on any atom is 0.256 e. The summed E-state index contributed by atoms with van der Waals surface area (Å²) in [5.74, 6) is -0.0356. The Morgan fingerprint density at radius 2 is 1.62 bits per heavy atom. The number of fused-ring (bicyclic) bond motifs is 1. The lowest BCUT2D eigenvalue weighted by atomic mass is 10.0. The Morgan fingerprint density at radius 3 is 2.38 bits per heavy atom. The molecule has 2 heterocycles. The molecule has 24 heavy (non-hydrogen) atoms. The van der Waals surface area contributed by atoms with Gasteiger partial charge in [0.05, 0.1) is 5.56 Å². The first-order chi connectivity index (χ1) is 11.8. The highest BCUT2D eigenvalue weighted by atomic mass is 32.1. The van der Waals surface area contributed by atoms with Crippen LogP contribution in [0.5, 0.6) is 0 Å². The lowest BCUT2D eigenvalue weighted by Crippen LogP contribution is -2.43. The van der Waals surface area contributed by atoms with Crippen molar-refractivity contribution in [2.45, 2.75) is 6.17 Å². The normalized spacial score (nSPS) is 16.5. The second-order valence-corrected chi connectivity index (χ2v) is 6.46. The van der Waals surface area contributed by atoms with E-state index >= 15 is 0 Å². The van der Waals surface area contributed by atoms with Crippen molar-refractivity contribution in [1.82, 2.24) is 5.32 Å². The third-order valence-corrected chi connectivity index (χ3v) is 4.87. The molecule has 0 spiro atoms. The van der Waals surface area contributed by atoms with Gasteiger partial charge in [0.2, 0.25) is 0 Å². The van der Waals surface area contributed by atoms with Crippen molar-refractivity contribution in [3.63, 3.8) is 0 Å². The summed E-state index contributed by atoms with van der Waals surface area (Å²) in [5, 5.41) is 9.35. The van der Waals surface area contributed by atoms with Crippen molar-refractivity contribution < 1.29 is 4.79 Å². The summed E-state index contributed by atoms with van der Waals surface area (Å²) in [4.78, 5) is 12.6. The number of rotatable bonds is 3. The van der Waals surface area contributed by atoms with Gasteiger partial charge >= 0.3 is 0 Å². The van der Waals surface area contributed by atoms with Crippen LogP contribution in [0.25, 0.3) is 17.2 Å². The quantitative estimate of drug-likeness (QED) is 0.735. The molecule has 1 aliphatic rings. The largest absolute Gasteiger partial charge is 0.353 e. The molecule has 0 saturated carbocycles. The molecule has 3 nitrogen and oxygen atoms in total. The second kappa shape index (κ2) is 6.34. The molecule has 4 heteroatoms. The van der Waals surface area contributed by atoms with E-state index in [0.717, 1.165) is 27.3 Å². The summed E-state index contributed by atoms with van der Waals surface area (Å²) in [6.07, 6.45) is 3.78. The molecular formula is C20H16N2OS. The molecule has 1 unspecified atom stereocenters. The minimum absolute atomic E-state index is 0.0356. The van der Waals surface area contributed by atoms with E-state index in [1.54, 1.807) is 11.3 Å². The Kier molecular flexibility index (Phi) is 3.89. The van der Waals surface area contributed by atoms with Crippen LogP contribution in [-0.2, 0) is 0 Å². The van der Waals surface area contributed by atoms with Crippen LogP contribution in [0.3, 0.4) is 0 Å². The highest BCUT2D eigenvalue weighted by molar-refractivity contribution is 7.15. The number of benzene rings is 2. The molecule has 118 valence electrons. The van der Waals surface area contributed by atoms with Crippen molar-refractivity contribution in [3.8, 4) is 11.1 Å². The van der Waals surface area contributed by atoms with E-state index in [1.165, 1.54) is 0 Å². The molecule has 0 aliphatic carbocycles. The lowest BCUT2D eigenvalue weighted by Gasteiger charge is -2.24. The number of thiophene rings is 1. The van der Waals surface area contributed by atoms with Gasteiger partial charge in [-0.25, -0.2) is 0 Å². The molecule has 1 aromatic heterocycles. The van der Waals surface area contributed by atoms with Crippen LogP contribution >= 0.6 is 11.3 Å². The van der Waals surface area contributed by atoms with Crippen LogP contribution < -0.4 is 10.6 Å². The SMILES string of the molecule is O=C1NC(C=Cc2ccccc2)Nc2scc(-c3ccccc3)c21. The zero-order chi connectivity index (χ0) is 16.4. The lowest BCUT2D eigenvalue weighted by molar-refractivity contribution is 0.0944. The van der Waals surface area contributed by atoms with Gasteiger partial charge < -0.3 is 10.6 Å². The summed E-state index contributed by atoms with van der Waals surface area (Å²) in [7, 11) is 0. The van der Waals surface area contributed by atoms with Crippen LogP contribution in [0.4, 0.5) is 5.00 Å². The number of carbonyl (C=O) groups is 1. The zero-order valence-corrected chi connectivity index (χ0v) is 13.7. The number of hydrogen-bond acceptors (Lipinski definition) is 3. The van der Waals surface area contributed by atoms with Gasteiger partial charge in [-0.05, 0) is 17.2 Å². The van der Waals surface area contributed by atoms with Crippen molar-refractivity contribution >= 4 is 28.3 Å². The highest BCUT2D eigenvalue weighted by Crippen LogP contribution is 2.37. The Hall–Kier alpha value is -2.85. The predicted octanol–water partition coefficient (Wildman–Crippen LogP) is 4.61. The summed E-state index contributed by atoms with van der Waals surface area (Å²) >= 11 is 1.57. The van der Waals surface area contributed by atoms with Gasteiger partial charge in [-0.1, -0.05) is 66.7 Å². The molecule has 2 aromatic carbocycles. The summed E-state index contributed by atoms with van der Waals surface area (Å²) in [6.45, 7) is 0. The Bertz CT molecular complexity index is 885. The number of anilines is 1. The van der Waals surface area contributed by atoms with Crippen molar-refractivity contribution in [3.05, 3.63) is 83.2 Å². The predicted molar refractivity (Wildman–Crippen MR) is 100 cm³/mol. The first-order valence-corrected chi connectivity index (χ1v) is 8.67. The monoisotopic (exact) mass is 332 g/mol. The average molecular weight is 332 g/mol. The average Bonchev–Trinajstić information content (AvgIpc) is 3.06. The molecule has 3 aromatic rings. The van der Waals surface area contributed by atoms with E-state index in [4.69, 9.17) is 0 Å². The van der Waals surface area contributed by atoms with Crippen molar-refractivity contribution in [1.29, 1.82) is 0 Å². The third kappa shape index (κ3) is 2.84. The van der Waals surface area contributed by atoms with Gasteiger partial charge in [0.25, 0.3) is 5.91 Å². The molecule has 0 radical (unpaired) electrons. The van der Waals surface area contributed by atoms with Crippen LogP contribution in [0.2, 0.25) is 0 Å². The Balaban J connectivity index is 1.59. The standard InChI is InChI=1S/C20H16N2OS/c23-19-18-16(15-9-5-2-6-10-15)13-24-20(18)22-17(21-19)12-11-14-7-3-1-4-8-14/h1-13,17,22H,(H,21,23). The number of carbonyl (C=O) groups excluding carboxylic acids is 1. The molecule has 0 bridgehead atoms. The second-order valence-electron chi connectivity index (χ2n) is 5.58. The maximum absolute atomic E-state index is 12.6. The van der Waals surface area contributed by atoms with Crippen LogP contribution in [-0.4, -0.2) is 12.1 Å². The van der Waals surface area contributed by atoms with Gasteiger partial charge in [0.1, 0.15) is 11.2 Å². The van der Waals surface area contributed by atoms with E-state index in [-0.39, 0.29) is 12.1 Å². The molecule has 1 atom stereocenters. The van der Waals surface area contributed by atoms with E-state index in [0.29, 0.717) is 0 Å². The fraction of sp³-hybridized carbons (Fsp3) is 0.0500. The van der Waals surface area contributed by atoms with Crippen molar-refractivity contribution in [2.75, 3.05) is 5.32 Å². The smallest absolute Gasteiger partial charge is 0.256 e. The maximum atomic E-state index is 12.6. The zero-order valence-electron chi connectivity index (χ0n) is 12.9. The van der Waals surface area contributed by atoms with Crippen LogP contribution in [0.1, 0.15) is 15.9 Å².